The van der Waals surface area contributed by atoms with Crippen molar-refractivity contribution in [1.29, 1.82) is 0 Å². The van der Waals surface area contributed by atoms with Crippen molar-refractivity contribution in [2.24, 2.45) is 0 Å². The van der Waals surface area contributed by atoms with Crippen molar-refractivity contribution in [2.45, 2.75) is 26.2 Å². The fourth-order valence-electron chi connectivity index (χ4n) is 3.40. The van der Waals surface area contributed by atoms with Gasteiger partial charge in [-0.2, -0.15) is 5.10 Å². The molecule has 0 radical (unpaired) electrons. The van der Waals surface area contributed by atoms with E-state index in [-0.39, 0.29) is 5.56 Å². The van der Waals surface area contributed by atoms with E-state index in [9.17, 15) is 9.90 Å². The number of rotatable bonds is 3. The van der Waals surface area contributed by atoms with Gasteiger partial charge in [0.25, 0.3) is 0 Å². The van der Waals surface area contributed by atoms with Crippen molar-refractivity contribution in [1.82, 2.24) is 14.8 Å². The average molecular weight is 319 g/mol. The highest BCUT2D eigenvalue weighted by atomic mass is 16.4. The molecular formula is C19H17N3O2. The lowest BCUT2D eigenvalue weighted by Crippen LogP contribution is -2.05. The van der Waals surface area contributed by atoms with Crippen LogP contribution in [0.5, 0.6) is 0 Å². The van der Waals surface area contributed by atoms with Gasteiger partial charge in [-0.1, -0.05) is 24.3 Å². The van der Waals surface area contributed by atoms with Crippen LogP contribution in [0.3, 0.4) is 0 Å². The Kier molecular flexibility index (Phi) is 3.41. The zero-order valence-corrected chi connectivity index (χ0v) is 13.4. The van der Waals surface area contributed by atoms with Crippen LogP contribution in [0, 0.1) is 6.92 Å². The van der Waals surface area contributed by atoms with Crippen LogP contribution in [0.15, 0.2) is 42.6 Å². The standard InChI is InChI=1S/C19H17N3O2/c1-12-16(19(23)24)11-20-22(12)18-10-4-9-17(21-18)15-8-3-6-13-5-2-7-14(13)15/h3-4,6,8-11H,2,5,7H2,1H3,(H,23,24). The third-order valence-electron chi connectivity index (χ3n) is 4.61. The summed E-state index contributed by atoms with van der Waals surface area (Å²) < 4.78 is 1.58. The van der Waals surface area contributed by atoms with Crippen LogP contribution >= 0.6 is 0 Å². The molecule has 5 nitrogen and oxygen atoms in total. The van der Waals surface area contributed by atoms with Gasteiger partial charge < -0.3 is 5.11 Å². The van der Waals surface area contributed by atoms with Crippen molar-refractivity contribution in [3.8, 4) is 17.1 Å². The summed E-state index contributed by atoms with van der Waals surface area (Å²) in [6.07, 6.45) is 4.77. The van der Waals surface area contributed by atoms with Crippen molar-refractivity contribution >= 4 is 5.97 Å². The fourth-order valence-corrected chi connectivity index (χ4v) is 3.40. The quantitative estimate of drug-likeness (QED) is 0.803. The van der Waals surface area contributed by atoms with Crippen molar-refractivity contribution in [3.05, 3.63) is 65.0 Å². The largest absolute Gasteiger partial charge is 0.478 e. The van der Waals surface area contributed by atoms with E-state index >= 15 is 0 Å². The monoisotopic (exact) mass is 319 g/mol. The smallest absolute Gasteiger partial charge is 0.339 e. The van der Waals surface area contributed by atoms with E-state index in [0.29, 0.717) is 11.5 Å². The SMILES string of the molecule is Cc1c(C(=O)O)cnn1-c1cccc(-c2cccc3c2CCC3)n1. The van der Waals surface area contributed by atoms with Crippen LogP contribution in [0.2, 0.25) is 0 Å². The van der Waals surface area contributed by atoms with Crippen LogP contribution in [0.1, 0.15) is 33.6 Å². The topological polar surface area (TPSA) is 68.0 Å². The summed E-state index contributed by atoms with van der Waals surface area (Å²) in [7, 11) is 0. The van der Waals surface area contributed by atoms with Crippen LogP contribution in [-0.2, 0) is 12.8 Å². The molecule has 2 aromatic heterocycles. The Morgan fingerprint density at radius 3 is 2.79 bits per heavy atom. The van der Waals surface area contributed by atoms with E-state index in [1.54, 1.807) is 11.6 Å². The molecule has 2 heterocycles. The number of aromatic nitrogens is 3. The highest BCUT2D eigenvalue weighted by Gasteiger charge is 2.18. The Hall–Kier alpha value is -2.95. The van der Waals surface area contributed by atoms with E-state index in [1.807, 2.05) is 18.2 Å². The number of aryl methyl sites for hydroxylation is 1. The third-order valence-corrected chi connectivity index (χ3v) is 4.61. The number of benzene rings is 1. The zero-order chi connectivity index (χ0) is 16.7. The first-order chi connectivity index (χ1) is 11.6. The van der Waals surface area contributed by atoms with Crippen LogP contribution in [0.25, 0.3) is 17.1 Å². The second-order valence-electron chi connectivity index (χ2n) is 6.04. The number of nitrogens with zero attached hydrogens (tertiary/aromatic N) is 3. The Labute approximate surface area is 139 Å². The highest BCUT2D eigenvalue weighted by Crippen LogP contribution is 2.31. The first kappa shape index (κ1) is 14.6. The molecule has 0 atom stereocenters. The molecule has 0 saturated carbocycles. The van der Waals surface area contributed by atoms with Crippen LogP contribution in [0.4, 0.5) is 0 Å². The molecule has 0 fully saturated rings. The third kappa shape index (κ3) is 2.29. The lowest BCUT2D eigenvalue weighted by molar-refractivity contribution is 0.0696. The van der Waals surface area contributed by atoms with Gasteiger partial charge in [0.15, 0.2) is 5.82 Å². The number of carboxylic acids is 1. The second kappa shape index (κ2) is 5.60. The number of hydrogen-bond donors (Lipinski definition) is 1. The summed E-state index contributed by atoms with van der Waals surface area (Å²) in [6.45, 7) is 1.74. The van der Waals surface area contributed by atoms with E-state index in [1.165, 1.54) is 23.7 Å². The lowest BCUT2D eigenvalue weighted by Gasteiger charge is -2.10. The first-order valence-electron chi connectivity index (χ1n) is 8.01. The molecule has 0 amide bonds. The maximum Gasteiger partial charge on any atom is 0.339 e. The summed E-state index contributed by atoms with van der Waals surface area (Å²) in [5.74, 6) is -0.344. The summed E-state index contributed by atoms with van der Waals surface area (Å²) in [5, 5.41) is 13.4. The van der Waals surface area contributed by atoms with Gasteiger partial charge in [0.05, 0.1) is 17.6 Å². The van der Waals surface area contributed by atoms with Gasteiger partial charge >= 0.3 is 5.97 Å². The van der Waals surface area contributed by atoms with Crippen molar-refractivity contribution in [3.63, 3.8) is 0 Å². The fraction of sp³-hybridized carbons (Fsp3) is 0.211. The Balaban J connectivity index is 1.81. The van der Waals surface area contributed by atoms with Crippen LogP contribution < -0.4 is 0 Å². The number of aromatic carboxylic acids is 1. The number of carboxylic acid groups (broad SMARTS) is 1. The molecule has 0 bridgehead atoms. The summed E-state index contributed by atoms with van der Waals surface area (Å²) in [4.78, 5) is 15.9. The van der Waals surface area contributed by atoms with Gasteiger partial charge in [-0.3, -0.25) is 0 Å². The van der Waals surface area contributed by atoms with E-state index < -0.39 is 5.97 Å². The second-order valence-corrected chi connectivity index (χ2v) is 6.04. The number of fused-ring (bicyclic) bond motifs is 1. The molecule has 3 aromatic rings. The maximum atomic E-state index is 11.2. The number of pyridine rings is 1. The molecule has 0 spiro atoms. The van der Waals surface area contributed by atoms with Gasteiger partial charge in [-0.25, -0.2) is 14.5 Å². The molecule has 1 aliphatic carbocycles. The van der Waals surface area contributed by atoms with Crippen molar-refractivity contribution in [2.75, 3.05) is 0 Å². The van der Waals surface area contributed by atoms with Gasteiger partial charge in [-0.05, 0) is 49.4 Å². The minimum Gasteiger partial charge on any atom is -0.478 e. The van der Waals surface area contributed by atoms with Gasteiger partial charge in [0.2, 0.25) is 0 Å². The molecule has 0 saturated heterocycles. The van der Waals surface area contributed by atoms with E-state index in [4.69, 9.17) is 4.98 Å². The maximum absolute atomic E-state index is 11.2. The first-order valence-corrected chi connectivity index (χ1v) is 8.01. The van der Waals surface area contributed by atoms with E-state index in [0.717, 1.165) is 24.1 Å². The summed E-state index contributed by atoms with van der Waals surface area (Å²) in [6, 6.07) is 12.1. The summed E-state index contributed by atoms with van der Waals surface area (Å²) in [5.41, 5.74) is 5.62. The minimum atomic E-state index is -0.976. The normalized spacial score (nSPS) is 13.0. The molecular weight excluding hydrogens is 302 g/mol. The Morgan fingerprint density at radius 1 is 1.17 bits per heavy atom. The lowest BCUT2D eigenvalue weighted by atomic mass is 10.0. The van der Waals surface area contributed by atoms with E-state index in [2.05, 4.69) is 23.3 Å². The van der Waals surface area contributed by atoms with Crippen LogP contribution in [-0.4, -0.2) is 25.8 Å². The number of carbonyl (C=O) groups is 1. The molecule has 1 aliphatic rings. The molecule has 0 unspecified atom stereocenters. The summed E-state index contributed by atoms with van der Waals surface area (Å²) >= 11 is 0. The van der Waals surface area contributed by atoms with Gasteiger partial charge in [0.1, 0.15) is 5.56 Å². The Morgan fingerprint density at radius 2 is 2.00 bits per heavy atom. The van der Waals surface area contributed by atoms with Crippen molar-refractivity contribution < 1.29 is 9.90 Å². The van der Waals surface area contributed by atoms with Gasteiger partial charge in [0, 0.05) is 5.56 Å². The zero-order valence-electron chi connectivity index (χ0n) is 13.4. The minimum absolute atomic E-state index is 0.197. The molecule has 4 rings (SSSR count). The molecule has 5 heteroatoms. The molecule has 0 aliphatic heterocycles. The highest BCUT2D eigenvalue weighted by molar-refractivity contribution is 5.88. The molecule has 24 heavy (non-hydrogen) atoms. The molecule has 1 aromatic carbocycles. The Bertz CT molecular complexity index is 944. The predicted octanol–water partition coefficient (Wildman–Crippen LogP) is 3.43. The molecule has 1 N–H and O–H groups in total. The molecule has 120 valence electrons. The average Bonchev–Trinajstić information content (AvgIpc) is 3.21. The predicted molar refractivity (Wildman–Crippen MR) is 90.5 cm³/mol. The van der Waals surface area contributed by atoms with Gasteiger partial charge in [-0.15, -0.1) is 0 Å². The number of hydrogen-bond acceptors (Lipinski definition) is 3.